The van der Waals surface area contributed by atoms with Gasteiger partial charge in [-0.1, -0.05) is 73.1 Å². The number of thioether (sulfide) groups is 1. The molecule has 3 atom stereocenters. The van der Waals surface area contributed by atoms with Crippen molar-refractivity contribution >= 4 is 40.6 Å². The Balaban J connectivity index is 1.10. The van der Waals surface area contributed by atoms with Gasteiger partial charge in [0.15, 0.2) is 11.4 Å². The molecular formula is C34H40N6O5S. The van der Waals surface area contributed by atoms with E-state index >= 15 is 0 Å². The highest BCUT2D eigenvalue weighted by Crippen LogP contribution is 2.39. The average Bonchev–Trinajstić information content (AvgIpc) is 3.60. The van der Waals surface area contributed by atoms with E-state index < -0.39 is 6.29 Å². The molecule has 1 aliphatic heterocycles. The van der Waals surface area contributed by atoms with Crippen molar-refractivity contribution in [2.75, 3.05) is 22.1 Å². The fourth-order valence-electron chi connectivity index (χ4n) is 5.19. The van der Waals surface area contributed by atoms with Gasteiger partial charge in [0.1, 0.15) is 6.33 Å². The summed E-state index contributed by atoms with van der Waals surface area (Å²) >= 11 is 1.54. The molecular weight excluding hydrogens is 604 g/mol. The van der Waals surface area contributed by atoms with Gasteiger partial charge in [-0.2, -0.15) is 5.10 Å². The lowest BCUT2D eigenvalue weighted by Crippen LogP contribution is -2.31. The minimum absolute atomic E-state index is 0.0172. The zero-order valence-corrected chi connectivity index (χ0v) is 26.4. The van der Waals surface area contributed by atoms with Crippen LogP contribution in [0.15, 0.2) is 84.3 Å². The molecule has 1 aliphatic rings. The van der Waals surface area contributed by atoms with E-state index in [1.165, 1.54) is 18.1 Å². The summed E-state index contributed by atoms with van der Waals surface area (Å²) in [5.74, 6) is 0.527. The second-order valence-electron chi connectivity index (χ2n) is 11.2. The molecule has 0 unspecified atom stereocenters. The number of aromatic amines is 1. The van der Waals surface area contributed by atoms with Crippen LogP contribution in [0.5, 0.6) is 0 Å². The van der Waals surface area contributed by atoms with Crippen molar-refractivity contribution in [2.24, 2.45) is 0 Å². The van der Waals surface area contributed by atoms with Gasteiger partial charge in [0.05, 0.1) is 30.2 Å². The molecule has 1 saturated heterocycles. The highest BCUT2D eigenvalue weighted by Gasteiger charge is 2.32. The van der Waals surface area contributed by atoms with Crippen LogP contribution in [-0.4, -0.2) is 44.0 Å². The number of unbranched alkanes of at least 4 members (excludes halogenated alkanes) is 3. The van der Waals surface area contributed by atoms with E-state index in [-0.39, 0.29) is 30.6 Å². The number of hydrogen-bond acceptors (Lipinski definition) is 9. The standard InChI is InChI=1S/C34H40N6O5S/c35-28-10-5-6-11-29(28)39-32(43)13-4-2-1-3-12-31(42)38-26-9-7-8-25(18-26)33-44-27(21-46-34-36-22-37-40-34)19-30(45-33)24-16-14-23(20-41)15-17-24/h5-11,14-18,22,27,30,33,41H,1-4,12-13,19-21,35H2,(H,38,42)(H,39,43)(H,36,37,40)/t27-,30+,33+/m0/s1. The number of ether oxygens (including phenoxy) is 2. The second kappa shape index (κ2) is 16.9. The molecule has 3 aromatic carbocycles. The number of nitrogens with two attached hydrogens (primary N) is 1. The van der Waals surface area contributed by atoms with Crippen molar-refractivity contribution in [3.8, 4) is 0 Å². The fraction of sp³-hybridized carbons (Fsp3) is 0.353. The first-order valence-corrected chi connectivity index (χ1v) is 16.5. The minimum Gasteiger partial charge on any atom is -0.397 e. The topological polar surface area (TPSA) is 164 Å². The van der Waals surface area contributed by atoms with Crippen LogP contribution in [0, 0.1) is 0 Å². The number of carbonyl (C=O) groups excluding carboxylic acids is 2. The Kier molecular flexibility index (Phi) is 12.2. The van der Waals surface area contributed by atoms with Gasteiger partial charge in [0.25, 0.3) is 0 Å². The lowest BCUT2D eigenvalue weighted by Gasteiger charge is -2.36. The number of anilines is 3. The van der Waals surface area contributed by atoms with Crippen molar-refractivity contribution in [3.05, 3.63) is 95.8 Å². The van der Waals surface area contributed by atoms with Gasteiger partial charge in [0.2, 0.25) is 11.8 Å². The number of rotatable bonds is 15. The molecule has 0 bridgehead atoms. The van der Waals surface area contributed by atoms with E-state index in [9.17, 15) is 14.7 Å². The quantitative estimate of drug-likeness (QED) is 0.0581. The molecule has 0 aliphatic carbocycles. The maximum atomic E-state index is 12.7. The smallest absolute Gasteiger partial charge is 0.224 e. The first-order chi connectivity index (χ1) is 22.5. The van der Waals surface area contributed by atoms with E-state index in [0.29, 0.717) is 42.1 Å². The van der Waals surface area contributed by atoms with Crippen molar-refractivity contribution in [1.29, 1.82) is 0 Å². The maximum Gasteiger partial charge on any atom is 0.224 e. The summed E-state index contributed by atoms with van der Waals surface area (Å²) < 4.78 is 12.8. The zero-order valence-electron chi connectivity index (χ0n) is 25.6. The van der Waals surface area contributed by atoms with E-state index in [0.717, 1.165) is 47.5 Å². The third kappa shape index (κ3) is 9.88. The summed E-state index contributed by atoms with van der Waals surface area (Å²) in [6, 6.07) is 22.5. The number of hydrogen-bond donors (Lipinski definition) is 5. The number of amides is 2. The summed E-state index contributed by atoms with van der Waals surface area (Å²) in [5.41, 5.74) is 10.4. The molecule has 2 amide bonds. The Morgan fingerprint density at radius 2 is 1.67 bits per heavy atom. The van der Waals surface area contributed by atoms with Crippen LogP contribution in [-0.2, 0) is 25.7 Å². The predicted octanol–water partition coefficient (Wildman–Crippen LogP) is 6.13. The number of aliphatic hydroxyl groups excluding tert-OH is 1. The Hall–Kier alpha value is -4.23. The molecule has 11 nitrogen and oxygen atoms in total. The summed E-state index contributed by atoms with van der Waals surface area (Å²) in [4.78, 5) is 29.1. The van der Waals surface area contributed by atoms with Crippen molar-refractivity contribution in [2.45, 2.75) is 75.2 Å². The van der Waals surface area contributed by atoms with Crippen LogP contribution >= 0.6 is 11.8 Å². The van der Waals surface area contributed by atoms with Crippen LogP contribution in [0.1, 0.15) is 74.0 Å². The molecule has 5 rings (SSSR count). The number of aromatic nitrogens is 3. The lowest BCUT2D eigenvalue weighted by atomic mass is 10.0. The lowest BCUT2D eigenvalue weighted by molar-refractivity contribution is -0.245. The van der Waals surface area contributed by atoms with Gasteiger partial charge in [-0.15, -0.1) is 0 Å². The molecule has 6 N–H and O–H groups in total. The van der Waals surface area contributed by atoms with Gasteiger partial charge in [-0.25, -0.2) is 4.98 Å². The van der Waals surface area contributed by atoms with Crippen LogP contribution in [0.25, 0.3) is 0 Å². The summed E-state index contributed by atoms with van der Waals surface area (Å²) in [6.45, 7) is -0.0172. The molecule has 1 aromatic heterocycles. The van der Waals surface area contributed by atoms with E-state index in [1.807, 2.05) is 60.7 Å². The molecule has 0 spiro atoms. The highest BCUT2D eigenvalue weighted by atomic mass is 32.2. The molecule has 0 saturated carbocycles. The molecule has 1 fully saturated rings. The van der Waals surface area contributed by atoms with Gasteiger partial charge >= 0.3 is 0 Å². The van der Waals surface area contributed by atoms with Gasteiger partial charge < -0.3 is 30.9 Å². The summed E-state index contributed by atoms with van der Waals surface area (Å²) in [5, 5.41) is 22.8. The predicted molar refractivity (Wildman–Crippen MR) is 178 cm³/mol. The number of carbonyl (C=O) groups is 2. The third-order valence-electron chi connectivity index (χ3n) is 7.65. The Bertz CT molecular complexity index is 1550. The SMILES string of the molecule is Nc1ccccc1NC(=O)CCCCCCC(=O)Nc1cccc([C@@H]2O[C@H](CSc3ncn[nH]3)C[C@H](c3ccc(CO)cc3)O2)c1. The molecule has 0 radical (unpaired) electrons. The van der Waals surface area contributed by atoms with E-state index in [4.69, 9.17) is 15.2 Å². The van der Waals surface area contributed by atoms with E-state index in [2.05, 4.69) is 25.8 Å². The molecule has 46 heavy (non-hydrogen) atoms. The normalized spacial score (nSPS) is 17.8. The van der Waals surface area contributed by atoms with Gasteiger partial charge in [0, 0.05) is 36.3 Å². The van der Waals surface area contributed by atoms with Crippen LogP contribution in [0.3, 0.4) is 0 Å². The van der Waals surface area contributed by atoms with Crippen molar-refractivity contribution in [1.82, 2.24) is 15.2 Å². The number of benzene rings is 3. The summed E-state index contributed by atoms with van der Waals surface area (Å²) in [7, 11) is 0. The van der Waals surface area contributed by atoms with Crippen LogP contribution in [0.2, 0.25) is 0 Å². The summed E-state index contributed by atoms with van der Waals surface area (Å²) in [6.07, 6.45) is 5.14. The fourth-order valence-corrected chi connectivity index (χ4v) is 5.99. The Morgan fingerprint density at radius 3 is 2.39 bits per heavy atom. The van der Waals surface area contributed by atoms with Gasteiger partial charge in [-0.05, 0) is 48.2 Å². The number of nitrogen functional groups attached to an aromatic ring is 1. The second-order valence-corrected chi connectivity index (χ2v) is 12.2. The maximum absolute atomic E-state index is 12.7. The first kappa shape index (κ1) is 33.1. The number of H-pyrrole nitrogens is 1. The number of nitrogens with zero attached hydrogens (tertiary/aromatic N) is 2. The van der Waals surface area contributed by atoms with Crippen LogP contribution < -0.4 is 16.4 Å². The average molecular weight is 645 g/mol. The largest absolute Gasteiger partial charge is 0.397 e. The molecule has 242 valence electrons. The number of aliphatic hydroxyl groups is 1. The number of nitrogens with one attached hydrogen (secondary N) is 3. The Labute approximate surface area is 272 Å². The Morgan fingerprint density at radius 1 is 0.913 bits per heavy atom. The molecule has 12 heteroatoms. The molecule has 2 heterocycles. The zero-order chi connectivity index (χ0) is 32.1. The van der Waals surface area contributed by atoms with Crippen molar-refractivity contribution in [3.63, 3.8) is 0 Å². The number of para-hydroxylation sites is 2. The molecule has 4 aromatic rings. The first-order valence-electron chi connectivity index (χ1n) is 15.5. The third-order valence-corrected chi connectivity index (χ3v) is 8.66. The minimum atomic E-state index is -0.635. The van der Waals surface area contributed by atoms with Crippen LogP contribution in [0.4, 0.5) is 17.1 Å². The monoisotopic (exact) mass is 644 g/mol. The highest BCUT2D eigenvalue weighted by molar-refractivity contribution is 7.99. The van der Waals surface area contributed by atoms with E-state index in [1.54, 1.807) is 12.1 Å². The van der Waals surface area contributed by atoms with Crippen molar-refractivity contribution < 1.29 is 24.2 Å². The van der Waals surface area contributed by atoms with Gasteiger partial charge in [-0.3, -0.25) is 14.7 Å².